The summed E-state index contributed by atoms with van der Waals surface area (Å²) in [7, 11) is 0. The van der Waals surface area contributed by atoms with E-state index in [1.807, 2.05) is 0 Å². The maximum Gasteiger partial charge on any atom is 0.416 e. The monoisotopic (exact) mass is 343 g/mol. The highest BCUT2D eigenvalue weighted by atomic mass is 19.4. The number of halogens is 3. The average Bonchev–Trinajstić information content (AvgIpc) is 3.09. The number of hydrogen-bond acceptors (Lipinski definition) is 3. The summed E-state index contributed by atoms with van der Waals surface area (Å²) in [5, 5.41) is 0. The Bertz CT molecular complexity index is 577. The van der Waals surface area contributed by atoms with Crippen molar-refractivity contribution >= 4 is 5.91 Å². The molecule has 0 aliphatic carbocycles. The molecule has 3 rings (SSSR count). The lowest BCUT2D eigenvalue weighted by molar-refractivity contribution is -0.143. The highest BCUT2D eigenvalue weighted by molar-refractivity contribution is 5.81. The second-order valence-electron chi connectivity index (χ2n) is 6.17. The van der Waals surface area contributed by atoms with Crippen molar-refractivity contribution in [3.63, 3.8) is 0 Å². The van der Waals surface area contributed by atoms with E-state index in [2.05, 4.69) is 0 Å². The van der Waals surface area contributed by atoms with Gasteiger partial charge in [-0.3, -0.25) is 4.79 Å². The normalized spacial score (nSPS) is 22.6. The minimum Gasteiger partial charge on any atom is -0.490 e. The van der Waals surface area contributed by atoms with E-state index >= 15 is 0 Å². The fraction of sp³-hybridized carbons (Fsp3) is 0.588. The Morgan fingerprint density at radius 2 is 1.96 bits per heavy atom. The number of benzene rings is 1. The summed E-state index contributed by atoms with van der Waals surface area (Å²) in [5.41, 5.74) is -0.717. The minimum absolute atomic E-state index is 0.0185. The lowest BCUT2D eigenvalue weighted by Gasteiger charge is -2.33. The first-order valence-electron chi connectivity index (χ1n) is 8.18. The molecule has 2 aliphatic heterocycles. The molecule has 0 bridgehead atoms. The summed E-state index contributed by atoms with van der Waals surface area (Å²) in [5.74, 6) is 0.235. The van der Waals surface area contributed by atoms with Gasteiger partial charge in [-0.15, -0.1) is 0 Å². The molecule has 2 saturated heterocycles. The second kappa shape index (κ2) is 7.01. The summed E-state index contributed by atoms with van der Waals surface area (Å²) in [4.78, 5) is 14.0. The van der Waals surface area contributed by atoms with Crippen molar-refractivity contribution in [2.75, 3.05) is 19.7 Å². The highest BCUT2D eigenvalue weighted by Gasteiger charge is 2.32. The van der Waals surface area contributed by atoms with E-state index in [4.69, 9.17) is 9.47 Å². The van der Waals surface area contributed by atoms with Crippen LogP contribution in [0.4, 0.5) is 13.2 Å². The van der Waals surface area contributed by atoms with Crippen LogP contribution in [0.3, 0.4) is 0 Å². The molecule has 4 nitrogen and oxygen atoms in total. The van der Waals surface area contributed by atoms with Gasteiger partial charge in [-0.2, -0.15) is 13.2 Å². The molecule has 0 aromatic heterocycles. The van der Waals surface area contributed by atoms with Crippen LogP contribution in [-0.4, -0.2) is 42.7 Å². The van der Waals surface area contributed by atoms with Gasteiger partial charge in [0.05, 0.1) is 5.56 Å². The molecule has 1 amide bonds. The van der Waals surface area contributed by atoms with Gasteiger partial charge in [-0.05, 0) is 31.0 Å². The van der Waals surface area contributed by atoms with Gasteiger partial charge in [0.25, 0.3) is 5.91 Å². The largest absolute Gasteiger partial charge is 0.490 e. The number of rotatable bonds is 3. The number of hydrogen-bond donors (Lipinski definition) is 0. The third kappa shape index (κ3) is 4.01. The van der Waals surface area contributed by atoms with Gasteiger partial charge >= 0.3 is 6.18 Å². The van der Waals surface area contributed by atoms with Crippen molar-refractivity contribution in [1.29, 1.82) is 0 Å². The smallest absolute Gasteiger partial charge is 0.416 e. The molecule has 2 heterocycles. The Hall–Kier alpha value is -1.76. The quantitative estimate of drug-likeness (QED) is 0.846. The van der Waals surface area contributed by atoms with E-state index in [-0.39, 0.29) is 23.9 Å². The lowest BCUT2D eigenvalue weighted by Crippen LogP contribution is -2.45. The van der Waals surface area contributed by atoms with E-state index in [0.717, 1.165) is 25.0 Å². The number of alkyl halides is 3. The third-order valence-electron chi connectivity index (χ3n) is 4.42. The van der Waals surface area contributed by atoms with E-state index < -0.39 is 11.7 Å². The summed E-state index contributed by atoms with van der Waals surface area (Å²) in [6, 6.07) is 4.91. The molecule has 24 heavy (non-hydrogen) atoms. The zero-order valence-electron chi connectivity index (χ0n) is 13.2. The summed E-state index contributed by atoms with van der Waals surface area (Å²) in [6.07, 6.45) is -2.00. The summed E-state index contributed by atoms with van der Waals surface area (Å²) < 4.78 is 49.3. The van der Waals surface area contributed by atoms with Gasteiger partial charge in [0.2, 0.25) is 0 Å². The number of piperidine rings is 1. The van der Waals surface area contributed by atoms with Crippen molar-refractivity contribution in [1.82, 2.24) is 4.90 Å². The number of carbonyl (C=O) groups excluding carboxylic acids is 1. The molecular formula is C17H20F3NO3. The van der Waals surface area contributed by atoms with Gasteiger partial charge in [0.1, 0.15) is 18.0 Å². The van der Waals surface area contributed by atoms with Crippen LogP contribution in [0.15, 0.2) is 24.3 Å². The van der Waals surface area contributed by atoms with Crippen LogP contribution in [0.2, 0.25) is 0 Å². The zero-order chi connectivity index (χ0) is 17.2. The molecule has 0 saturated carbocycles. The molecule has 1 aromatic carbocycles. The molecule has 132 valence electrons. The molecule has 7 heteroatoms. The van der Waals surface area contributed by atoms with Crippen LogP contribution in [0.1, 0.15) is 31.2 Å². The Labute approximate surface area is 138 Å². The van der Waals surface area contributed by atoms with E-state index in [1.165, 1.54) is 12.1 Å². The van der Waals surface area contributed by atoms with E-state index in [9.17, 15) is 18.0 Å². The fourth-order valence-corrected chi connectivity index (χ4v) is 3.11. The number of ether oxygens (including phenoxy) is 2. The fourth-order valence-electron chi connectivity index (χ4n) is 3.11. The van der Waals surface area contributed by atoms with Gasteiger partial charge in [0, 0.05) is 32.5 Å². The lowest BCUT2D eigenvalue weighted by atomic mass is 10.1. The van der Waals surface area contributed by atoms with Crippen molar-refractivity contribution in [2.24, 2.45) is 0 Å². The van der Waals surface area contributed by atoms with Crippen LogP contribution in [0.25, 0.3) is 0 Å². The topological polar surface area (TPSA) is 38.8 Å². The molecular weight excluding hydrogens is 323 g/mol. The van der Waals surface area contributed by atoms with Crippen molar-refractivity contribution in [3.8, 4) is 5.75 Å². The molecule has 1 aromatic rings. The Balaban J connectivity index is 1.53. The number of nitrogens with zero attached hydrogens (tertiary/aromatic N) is 1. The van der Waals surface area contributed by atoms with E-state index in [0.29, 0.717) is 32.5 Å². The Morgan fingerprint density at radius 1 is 1.21 bits per heavy atom. The maximum atomic E-state index is 12.7. The second-order valence-corrected chi connectivity index (χ2v) is 6.17. The van der Waals surface area contributed by atoms with Crippen LogP contribution in [0.5, 0.6) is 5.75 Å². The van der Waals surface area contributed by atoms with Crippen LogP contribution >= 0.6 is 0 Å². The van der Waals surface area contributed by atoms with Gasteiger partial charge in [0.15, 0.2) is 0 Å². The Morgan fingerprint density at radius 3 is 2.58 bits per heavy atom. The SMILES string of the molecule is O=C(C1CCCO1)N1CCC(Oc2cccc(C(F)(F)F)c2)CC1. The molecule has 2 fully saturated rings. The standard InChI is InChI=1S/C17H20F3NO3/c18-17(19,20)12-3-1-4-14(11-12)24-13-6-8-21(9-7-13)16(22)15-5-2-10-23-15/h1,3-4,11,13,15H,2,5-10H2. The summed E-state index contributed by atoms with van der Waals surface area (Å²) in [6.45, 7) is 1.72. The number of likely N-dealkylation sites (tertiary alicyclic amines) is 1. The van der Waals surface area contributed by atoms with Crippen molar-refractivity contribution in [2.45, 2.75) is 44.1 Å². The number of carbonyl (C=O) groups is 1. The van der Waals surface area contributed by atoms with E-state index in [1.54, 1.807) is 4.90 Å². The third-order valence-corrected chi connectivity index (χ3v) is 4.42. The van der Waals surface area contributed by atoms with Crippen LogP contribution in [0, 0.1) is 0 Å². The molecule has 1 atom stereocenters. The minimum atomic E-state index is -4.38. The maximum absolute atomic E-state index is 12.7. The predicted octanol–water partition coefficient (Wildman–Crippen LogP) is 3.25. The Kier molecular flexibility index (Phi) is 4.99. The molecule has 0 N–H and O–H groups in total. The van der Waals surface area contributed by atoms with Gasteiger partial charge in [-0.25, -0.2) is 0 Å². The first-order chi connectivity index (χ1) is 11.4. The number of amides is 1. The molecule has 1 unspecified atom stereocenters. The summed E-state index contributed by atoms with van der Waals surface area (Å²) >= 11 is 0. The zero-order valence-corrected chi connectivity index (χ0v) is 13.2. The van der Waals surface area contributed by atoms with Crippen molar-refractivity contribution in [3.05, 3.63) is 29.8 Å². The molecule has 2 aliphatic rings. The van der Waals surface area contributed by atoms with Crippen LogP contribution in [-0.2, 0) is 15.7 Å². The molecule has 0 radical (unpaired) electrons. The predicted molar refractivity (Wildman–Crippen MR) is 80.6 cm³/mol. The first kappa shape index (κ1) is 17.1. The highest BCUT2D eigenvalue weighted by Crippen LogP contribution is 2.32. The van der Waals surface area contributed by atoms with Gasteiger partial charge < -0.3 is 14.4 Å². The molecule has 0 spiro atoms. The first-order valence-corrected chi connectivity index (χ1v) is 8.18. The van der Waals surface area contributed by atoms with Crippen LogP contribution < -0.4 is 4.74 Å². The van der Waals surface area contributed by atoms with Crippen molar-refractivity contribution < 1.29 is 27.4 Å². The van der Waals surface area contributed by atoms with Gasteiger partial charge in [-0.1, -0.05) is 6.07 Å². The average molecular weight is 343 g/mol.